The van der Waals surface area contributed by atoms with Crippen molar-refractivity contribution in [3.05, 3.63) is 41.7 Å². The second-order valence-electron chi connectivity index (χ2n) is 6.63. The minimum absolute atomic E-state index is 0.0325. The first kappa shape index (κ1) is 17.1. The van der Waals surface area contributed by atoms with Gasteiger partial charge in [-0.05, 0) is 37.1 Å². The summed E-state index contributed by atoms with van der Waals surface area (Å²) in [4.78, 5) is 28.4. The lowest BCUT2D eigenvalue weighted by molar-refractivity contribution is -0.132. The molecule has 2 amide bonds. The number of piperidine rings is 1. The van der Waals surface area contributed by atoms with Crippen LogP contribution in [0.2, 0.25) is 0 Å². The first-order valence-electron chi connectivity index (χ1n) is 8.33. The molecule has 0 radical (unpaired) electrons. The predicted molar refractivity (Wildman–Crippen MR) is 90.3 cm³/mol. The molecule has 25 heavy (non-hydrogen) atoms. The van der Waals surface area contributed by atoms with E-state index < -0.39 is 5.41 Å². The number of hydrogen-bond acceptors (Lipinski definition) is 5. The Morgan fingerprint density at radius 1 is 1.28 bits per heavy atom. The predicted octanol–water partition coefficient (Wildman–Crippen LogP) is 0.769. The second kappa shape index (κ2) is 7.00. The standard InChI is InChI=1S/C17H22N6O2/c1-17(16(25)18-11-14-19-21-22(2)20-14)9-6-10-23(12-17)15(24)13-7-4-3-5-8-13/h3-5,7-8H,6,9-12H2,1-2H3,(H,18,25). The molecule has 1 aliphatic heterocycles. The zero-order chi connectivity index (χ0) is 17.9. The fourth-order valence-corrected chi connectivity index (χ4v) is 3.13. The molecule has 132 valence electrons. The maximum Gasteiger partial charge on any atom is 0.253 e. The lowest BCUT2D eigenvalue weighted by Gasteiger charge is -2.39. The van der Waals surface area contributed by atoms with Gasteiger partial charge < -0.3 is 10.2 Å². The number of nitrogens with one attached hydrogen (secondary N) is 1. The van der Waals surface area contributed by atoms with Gasteiger partial charge in [0, 0.05) is 18.7 Å². The number of carbonyl (C=O) groups excluding carboxylic acids is 2. The Labute approximate surface area is 146 Å². The molecule has 0 aliphatic carbocycles. The Bertz CT molecular complexity index is 760. The first-order chi connectivity index (χ1) is 12.0. The maximum atomic E-state index is 12.7. The number of carbonyl (C=O) groups is 2. The van der Waals surface area contributed by atoms with Gasteiger partial charge in [0.25, 0.3) is 5.91 Å². The van der Waals surface area contributed by atoms with E-state index in [-0.39, 0.29) is 18.4 Å². The van der Waals surface area contributed by atoms with Gasteiger partial charge in [0.1, 0.15) is 0 Å². The van der Waals surface area contributed by atoms with Crippen molar-refractivity contribution in [2.75, 3.05) is 13.1 Å². The van der Waals surface area contributed by atoms with E-state index in [9.17, 15) is 9.59 Å². The van der Waals surface area contributed by atoms with E-state index in [0.717, 1.165) is 12.8 Å². The Balaban J connectivity index is 1.64. The summed E-state index contributed by atoms with van der Waals surface area (Å²) in [7, 11) is 1.67. The van der Waals surface area contributed by atoms with Gasteiger partial charge in [-0.1, -0.05) is 18.2 Å². The number of benzene rings is 1. The van der Waals surface area contributed by atoms with Crippen LogP contribution in [-0.2, 0) is 18.4 Å². The van der Waals surface area contributed by atoms with Crippen LogP contribution < -0.4 is 5.32 Å². The molecule has 8 heteroatoms. The van der Waals surface area contributed by atoms with Gasteiger partial charge in [-0.3, -0.25) is 9.59 Å². The number of likely N-dealkylation sites (tertiary alicyclic amines) is 1. The highest BCUT2D eigenvalue weighted by Gasteiger charge is 2.39. The van der Waals surface area contributed by atoms with Crippen LogP contribution in [0.1, 0.15) is 35.9 Å². The summed E-state index contributed by atoms with van der Waals surface area (Å²) in [5.74, 6) is 0.341. The lowest BCUT2D eigenvalue weighted by Crippen LogP contribution is -2.51. The largest absolute Gasteiger partial charge is 0.348 e. The summed E-state index contributed by atoms with van der Waals surface area (Å²) in [5, 5.41) is 14.5. The highest BCUT2D eigenvalue weighted by Crippen LogP contribution is 2.30. The number of aryl methyl sites for hydroxylation is 1. The SMILES string of the molecule is Cn1nnc(CNC(=O)C2(C)CCCN(C(=O)c3ccccc3)C2)n1. The Hall–Kier alpha value is -2.77. The van der Waals surface area contributed by atoms with Crippen molar-refractivity contribution >= 4 is 11.8 Å². The van der Waals surface area contributed by atoms with Crippen LogP contribution in [0.4, 0.5) is 0 Å². The molecule has 1 aromatic heterocycles. The van der Waals surface area contributed by atoms with Gasteiger partial charge in [-0.15, -0.1) is 10.2 Å². The van der Waals surface area contributed by atoms with Gasteiger partial charge in [0.05, 0.1) is 19.0 Å². The van der Waals surface area contributed by atoms with Crippen molar-refractivity contribution in [1.82, 2.24) is 30.4 Å². The van der Waals surface area contributed by atoms with Gasteiger partial charge in [0.2, 0.25) is 5.91 Å². The molecule has 2 heterocycles. The summed E-state index contributed by atoms with van der Waals surface area (Å²) in [6.45, 7) is 3.20. The number of nitrogens with zero attached hydrogens (tertiary/aromatic N) is 5. The highest BCUT2D eigenvalue weighted by atomic mass is 16.2. The Morgan fingerprint density at radius 3 is 2.72 bits per heavy atom. The van der Waals surface area contributed by atoms with E-state index in [1.54, 1.807) is 24.1 Å². The van der Waals surface area contributed by atoms with Crippen LogP contribution in [0.25, 0.3) is 0 Å². The van der Waals surface area contributed by atoms with Gasteiger partial charge in [0.15, 0.2) is 5.82 Å². The molecule has 1 aromatic carbocycles. The second-order valence-corrected chi connectivity index (χ2v) is 6.63. The molecular weight excluding hydrogens is 320 g/mol. The van der Waals surface area contributed by atoms with Gasteiger partial charge >= 0.3 is 0 Å². The average Bonchev–Trinajstić information content (AvgIpc) is 3.05. The van der Waals surface area contributed by atoms with E-state index in [1.165, 1.54) is 4.80 Å². The minimum atomic E-state index is -0.620. The zero-order valence-electron chi connectivity index (χ0n) is 14.5. The van der Waals surface area contributed by atoms with Crippen LogP contribution in [0.3, 0.4) is 0 Å². The van der Waals surface area contributed by atoms with Crippen LogP contribution in [0, 0.1) is 5.41 Å². The smallest absolute Gasteiger partial charge is 0.253 e. The summed E-state index contributed by atoms with van der Waals surface area (Å²) in [6, 6.07) is 9.17. The summed E-state index contributed by atoms with van der Waals surface area (Å²) in [5.41, 5.74) is 0.0289. The van der Waals surface area contributed by atoms with Crippen molar-refractivity contribution in [3.8, 4) is 0 Å². The van der Waals surface area contributed by atoms with E-state index in [4.69, 9.17) is 0 Å². The fourth-order valence-electron chi connectivity index (χ4n) is 3.13. The van der Waals surface area contributed by atoms with Gasteiger partial charge in [-0.25, -0.2) is 0 Å². The third kappa shape index (κ3) is 3.84. The summed E-state index contributed by atoms with van der Waals surface area (Å²) >= 11 is 0. The molecule has 1 N–H and O–H groups in total. The zero-order valence-corrected chi connectivity index (χ0v) is 14.5. The lowest BCUT2D eigenvalue weighted by atomic mass is 9.80. The molecule has 1 aliphatic rings. The van der Waals surface area contributed by atoms with Crippen molar-refractivity contribution in [3.63, 3.8) is 0 Å². The average molecular weight is 342 g/mol. The Kier molecular flexibility index (Phi) is 4.78. The topological polar surface area (TPSA) is 93.0 Å². The highest BCUT2D eigenvalue weighted by molar-refractivity contribution is 5.95. The molecule has 3 rings (SSSR count). The molecule has 2 aromatic rings. The van der Waals surface area contributed by atoms with E-state index >= 15 is 0 Å². The maximum absolute atomic E-state index is 12.7. The third-order valence-corrected chi connectivity index (χ3v) is 4.51. The normalized spacial score (nSPS) is 20.3. The summed E-state index contributed by atoms with van der Waals surface area (Å²) in [6.07, 6.45) is 1.54. The van der Waals surface area contributed by atoms with Gasteiger partial charge in [-0.2, -0.15) is 4.80 Å². The quantitative estimate of drug-likeness (QED) is 0.886. The monoisotopic (exact) mass is 342 g/mol. The van der Waals surface area contributed by atoms with Crippen molar-refractivity contribution in [2.45, 2.75) is 26.3 Å². The molecule has 8 nitrogen and oxygen atoms in total. The molecule has 1 unspecified atom stereocenters. The molecule has 1 saturated heterocycles. The number of amides is 2. The van der Waals surface area contributed by atoms with Crippen LogP contribution in [-0.4, -0.2) is 50.0 Å². The van der Waals surface area contributed by atoms with Crippen LogP contribution in [0.15, 0.2) is 30.3 Å². The Morgan fingerprint density at radius 2 is 2.04 bits per heavy atom. The molecular formula is C17H22N6O2. The van der Waals surface area contributed by atoms with Crippen molar-refractivity contribution < 1.29 is 9.59 Å². The van der Waals surface area contributed by atoms with E-state index in [2.05, 4.69) is 20.7 Å². The number of rotatable bonds is 4. The number of tetrazole rings is 1. The molecule has 0 bridgehead atoms. The summed E-state index contributed by atoms with van der Waals surface area (Å²) < 4.78 is 0. The van der Waals surface area contributed by atoms with E-state index in [1.807, 2.05) is 25.1 Å². The van der Waals surface area contributed by atoms with Crippen LogP contribution in [0.5, 0.6) is 0 Å². The molecule has 1 atom stereocenters. The third-order valence-electron chi connectivity index (χ3n) is 4.51. The van der Waals surface area contributed by atoms with Crippen molar-refractivity contribution in [2.24, 2.45) is 12.5 Å². The molecule has 0 spiro atoms. The van der Waals surface area contributed by atoms with Crippen LogP contribution >= 0.6 is 0 Å². The minimum Gasteiger partial charge on any atom is -0.348 e. The molecule has 1 fully saturated rings. The number of aromatic nitrogens is 4. The first-order valence-corrected chi connectivity index (χ1v) is 8.33. The fraction of sp³-hybridized carbons (Fsp3) is 0.471. The molecule has 0 saturated carbocycles. The van der Waals surface area contributed by atoms with Crippen molar-refractivity contribution in [1.29, 1.82) is 0 Å². The van der Waals surface area contributed by atoms with E-state index in [0.29, 0.717) is 24.5 Å². The number of hydrogen-bond donors (Lipinski definition) is 1.